The Morgan fingerprint density at radius 1 is 1.41 bits per heavy atom. The number of nitrogens with zero attached hydrogens (tertiary/aromatic N) is 1. The Morgan fingerprint density at radius 3 is 2.94 bits per heavy atom. The van der Waals surface area contributed by atoms with Crippen LogP contribution >= 0.6 is 11.3 Å². The summed E-state index contributed by atoms with van der Waals surface area (Å²) in [5, 5.41) is 1.99. The minimum absolute atomic E-state index is 0.152. The third kappa shape index (κ3) is 3.46. The number of hydrogen-bond donors (Lipinski definition) is 0. The summed E-state index contributed by atoms with van der Waals surface area (Å²) in [6.45, 7) is 0.692. The predicted molar refractivity (Wildman–Crippen MR) is 68.1 cm³/mol. The Balaban J connectivity index is 1.79. The van der Waals surface area contributed by atoms with E-state index in [-0.39, 0.29) is 5.91 Å². The quantitative estimate of drug-likeness (QED) is 0.816. The molecular formula is C13H15NO2S. The molecular weight excluding hydrogens is 234 g/mol. The van der Waals surface area contributed by atoms with Crippen molar-refractivity contribution in [3.05, 3.63) is 46.5 Å². The summed E-state index contributed by atoms with van der Waals surface area (Å²) < 4.78 is 5.23. The van der Waals surface area contributed by atoms with Crippen molar-refractivity contribution in [3.8, 4) is 0 Å². The fraction of sp³-hybridized carbons (Fsp3) is 0.308. The molecule has 0 aliphatic heterocycles. The third-order valence-corrected chi connectivity index (χ3v) is 3.48. The van der Waals surface area contributed by atoms with Gasteiger partial charge in [-0.2, -0.15) is 0 Å². The van der Waals surface area contributed by atoms with Gasteiger partial charge in [0.15, 0.2) is 0 Å². The second kappa shape index (κ2) is 5.68. The number of carbonyl (C=O) groups is 1. The summed E-state index contributed by atoms with van der Waals surface area (Å²) in [5.41, 5.74) is 0. The van der Waals surface area contributed by atoms with Gasteiger partial charge < -0.3 is 9.32 Å². The zero-order valence-electron chi connectivity index (χ0n) is 9.76. The molecule has 0 unspecified atom stereocenters. The summed E-state index contributed by atoms with van der Waals surface area (Å²) in [5.74, 6) is 1.07. The zero-order chi connectivity index (χ0) is 12.1. The van der Waals surface area contributed by atoms with Crippen molar-refractivity contribution in [2.45, 2.75) is 12.8 Å². The molecule has 0 bridgehead atoms. The molecule has 0 aliphatic carbocycles. The Hall–Kier alpha value is -1.55. The fourth-order valence-corrected chi connectivity index (χ4v) is 2.25. The number of furan rings is 1. The first-order chi connectivity index (χ1) is 8.25. The van der Waals surface area contributed by atoms with Crippen LogP contribution in [0, 0.1) is 0 Å². The van der Waals surface area contributed by atoms with E-state index in [1.54, 1.807) is 22.5 Å². The van der Waals surface area contributed by atoms with Crippen LogP contribution in [0.2, 0.25) is 0 Å². The van der Waals surface area contributed by atoms with E-state index in [1.165, 1.54) is 0 Å². The molecule has 3 nitrogen and oxygen atoms in total. The van der Waals surface area contributed by atoms with Crippen molar-refractivity contribution in [1.82, 2.24) is 4.90 Å². The lowest BCUT2D eigenvalue weighted by Crippen LogP contribution is -2.29. The largest absolute Gasteiger partial charge is 0.469 e. The molecule has 0 saturated heterocycles. The molecule has 0 fully saturated rings. The second-order valence-corrected chi connectivity index (χ2v) is 4.93. The summed E-state index contributed by atoms with van der Waals surface area (Å²) in [6, 6.07) is 7.75. The van der Waals surface area contributed by atoms with Gasteiger partial charge in [0.2, 0.25) is 5.91 Å². The molecule has 2 aromatic rings. The van der Waals surface area contributed by atoms with E-state index in [0.717, 1.165) is 17.1 Å². The van der Waals surface area contributed by atoms with Gasteiger partial charge in [0, 0.05) is 24.9 Å². The summed E-state index contributed by atoms with van der Waals surface area (Å²) in [6.07, 6.45) is 2.91. The van der Waals surface area contributed by atoms with E-state index in [2.05, 4.69) is 0 Å². The molecule has 4 heteroatoms. The Labute approximate surface area is 105 Å². The zero-order valence-corrected chi connectivity index (χ0v) is 10.6. The van der Waals surface area contributed by atoms with Gasteiger partial charge in [-0.3, -0.25) is 4.79 Å². The molecule has 0 saturated carbocycles. The SMILES string of the molecule is CN(CCc1ccco1)C(=O)Cc1cccs1. The molecule has 0 N–H and O–H groups in total. The van der Waals surface area contributed by atoms with Crippen LogP contribution in [0.3, 0.4) is 0 Å². The van der Waals surface area contributed by atoms with Crippen molar-refractivity contribution in [2.24, 2.45) is 0 Å². The van der Waals surface area contributed by atoms with Crippen LogP contribution in [-0.2, 0) is 17.6 Å². The Morgan fingerprint density at radius 2 is 2.29 bits per heavy atom. The van der Waals surface area contributed by atoms with Crippen molar-refractivity contribution >= 4 is 17.2 Å². The van der Waals surface area contributed by atoms with E-state index in [9.17, 15) is 4.79 Å². The lowest BCUT2D eigenvalue weighted by molar-refractivity contribution is -0.129. The van der Waals surface area contributed by atoms with Gasteiger partial charge >= 0.3 is 0 Å². The molecule has 1 amide bonds. The first-order valence-electron chi connectivity index (χ1n) is 5.54. The number of amides is 1. The summed E-state index contributed by atoms with van der Waals surface area (Å²) in [4.78, 5) is 14.7. The molecule has 0 atom stereocenters. The molecule has 2 rings (SSSR count). The molecule has 0 aromatic carbocycles. The highest BCUT2D eigenvalue weighted by Gasteiger charge is 2.10. The topological polar surface area (TPSA) is 33.5 Å². The first-order valence-corrected chi connectivity index (χ1v) is 6.42. The second-order valence-electron chi connectivity index (χ2n) is 3.90. The number of thiophene rings is 1. The van der Waals surface area contributed by atoms with Crippen LogP contribution in [-0.4, -0.2) is 24.4 Å². The highest BCUT2D eigenvalue weighted by molar-refractivity contribution is 7.10. The monoisotopic (exact) mass is 249 g/mol. The van der Waals surface area contributed by atoms with Crippen LogP contribution in [0.5, 0.6) is 0 Å². The summed E-state index contributed by atoms with van der Waals surface area (Å²) >= 11 is 1.62. The van der Waals surface area contributed by atoms with Crippen molar-refractivity contribution < 1.29 is 9.21 Å². The Bertz CT molecular complexity index is 448. The highest BCUT2D eigenvalue weighted by atomic mass is 32.1. The smallest absolute Gasteiger partial charge is 0.227 e. The molecule has 2 aromatic heterocycles. The Kier molecular flexibility index (Phi) is 3.98. The van der Waals surface area contributed by atoms with Gasteiger partial charge in [0.1, 0.15) is 5.76 Å². The van der Waals surface area contributed by atoms with Crippen LogP contribution in [0.4, 0.5) is 0 Å². The minimum atomic E-state index is 0.152. The van der Waals surface area contributed by atoms with Gasteiger partial charge in [0.05, 0.1) is 12.7 Å². The molecule has 0 radical (unpaired) electrons. The number of carbonyl (C=O) groups excluding carboxylic acids is 1. The van der Waals surface area contributed by atoms with Gasteiger partial charge in [-0.25, -0.2) is 0 Å². The van der Waals surface area contributed by atoms with Crippen molar-refractivity contribution in [3.63, 3.8) is 0 Å². The maximum atomic E-state index is 11.9. The van der Waals surface area contributed by atoms with Crippen molar-refractivity contribution in [1.29, 1.82) is 0 Å². The third-order valence-electron chi connectivity index (χ3n) is 2.61. The maximum Gasteiger partial charge on any atom is 0.227 e. The molecule has 0 spiro atoms. The van der Waals surface area contributed by atoms with Crippen LogP contribution in [0.25, 0.3) is 0 Å². The minimum Gasteiger partial charge on any atom is -0.469 e. The standard InChI is InChI=1S/C13H15NO2S/c1-14(7-6-11-4-2-8-16-11)13(15)10-12-5-3-9-17-12/h2-5,8-9H,6-7,10H2,1H3. The van der Waals surface area contributed by atoms with Crippen LogP contribution < -0.4 is 0 Å². The number of hydrogen-bond acceptors (Lipinski definition) is 3. The lowest BCUT2D eigenvalue weighted by atomic mass is 10.3. The van der Waals surface area contributed by atoms with E-state index in [0.29, 0.717) is 13.0 Å². The van der Waals surface area contributed by atoms with Crippen molar-refractivity contribution in [2.75, 3.05) is 13.6 Å². The van der Waals surface area contributed by atoms with E-state index in [1.807, 2.05) is 36.7 Å². The van der Waals surface area contributed by atoms with Gasteiger partial charge in [-0.15, -0.1) is 11.3 Å². The molecule has 90 valence electrons. The van der Waals surface area contributed by atoms with E-state index >= 15 is 0 Å². The van der Waals surface area contributed by atoms with Crippen LogP contribution in [0.1, 0.15) is 10.6 Å². The van der Waals surface area contributed by atoms with Gasteiger partial charge in [0.25, 0.3) is 0 Å². The van der Waals surface area contributed by atoms with Gasteiger partial charge in [-0.1, -0.05) is 6.07 Å². The highest BCUT2D eigenvalue weighted by Crippen LogP contribution is 2.10. The van der Waals surface area contributed by atoms with Gasteiger partial charge in [-0.05, 0) is 23.6 Å². The lowest BCUT2D eigenvalue weighted by Gasteiger charge is -2.15. The summed E-state index contributed by atoms with van der Waals surface area (Å²) in [7, 11) is 1.83. The average molecular weight is 249 g/mol. The molecule has 0 aliphatic rings. The predicted octanol–water partition coefficient (Wildman–Crippen LogP) is 2.58. The van der Waals surface area contributed by atoms with E-state index < -0.39 is 0 Å². The molecule has 2 heterocycles. The average Bonchev–Trinajstić information content (AvgIpc) is 2.98. The van der Waals surface area contributed by atoms with Crippen LogP contribution in [0.15, 0.2) is 40.3 Å². The van der Waals surface area contributed by atoms with E-state index in [4.69, 9.17) is 4.42 Å². The molecule has 17 heavy (non-hydrogen) atoms. The normalized spacial score (nSPS) is 10.4. The fourth-order valence-electron chi connectivity index (χ4n) is 1.55. The number of rotatable bonds is 5. The first kappa shape index (κ1) is 11.9. The maximum absolute atomic E-state index is 11.9. The number of likely N-dealkylation sites (N-methyl/N-ethyl adjacent to an activating group) is 1.